The highest BCUT2D eigenvalue weighted by Gasteiger charge is 2.16. The van der Waals surface area contributed by atoms with Gasteiger partial charge >= 0.3 is 5.97 Å². The Morgan fingerprint density at radius 2 is 2.00 bits per heavy atom. The van der Waals surface area contributed by atoms with E-state index in [0.29, 0.717) is 18.8 Å². The van der Waals surface area contributed by atoms with Crippen molar-refractivity contribution in [1.82, 2.24) is 0 Å². The zero-order chi connectivity index (χ0) is 14.4. The lowest BCUT2D eigenvalue weighted by atomic mass is 10.2. The summed E-state index contributed by atoms with van der Waals surface area (Å²) in [4.78, 5) is 11.2. The van der Waals surface area contributed by atoms with Gasteiger partial charge in [-0.2, -0.15) is 0 Å². The normalized spacial score (nSPS) is 11.9. The van der Waals surface area contributed by atoms with Crippen molar-refractivity contribution in [3.05, 3.63) is 54.0 Å². The summed E-state index contributed by atoms with van der Waals surface area (Å²) in [6.07, 6.45) is -0.458. The molecule has 1 heterocycles. The molecule has 5 nitrogen and oxygen atoms in total. The molecule has 1 aromatic carbocycles. The van der Waals surface area contributed by atoms with E-state index in [1.54, 1.807) is 6.07 Å². The molecule has 0 saturated carbocycles. The van der Waals surface area contributed by atoms with Crippen LogP contribution < -0.4 is 4.74 Å². The van der Waals surface area contributed by atoms with Crippen LogP contribution in [-0.2, 0) is 4.74 Å². The van der Waals surface area contributed by atoms with E-state index in [1.165, 1.54) is 13.2 Å². The molecule has 0 aliphatic rings. The van der Waals surface area contributed by atoms with Crippen LogP contribution in [0.2, 0.25) is 0 Å². The minimum Gasteiger partial charge on any atom is -0.493 e. The third kappa shape index (κ3) is 3.61. The Labute approximate surface area is 116 Å². The van der Waals surface area contributed by atoms with Crippen LogP contribution in [-0.4, -0.2) is 24.8 Å². The highest BCUT2D eigenvalue weighted by atomic mass is 16.5. The molecule has 1 atom stereocenters. The summed E-state index contributed by atoms with van der Waals surface area (Å²) in [6, 6.07) is 12.4. The van der Waals surface area contributed by atoms with Crippen molar-refractivity contribution >= 4 is 5.97 Å². The highest BCUT2D eigenvalue weighted by Crippen LogP contribution is 2.20. The first-order valence-corrected chi connectivity index (χ1v) is 6.24. The quantitative estimate of drug-likeness (QED) is 0.821. The summed E-state index contributed by atoms with van der Waals surface area (Å²) in [5.41, 5.74) is 0. The molecule has 1 aromatic heterocycles. The first-order chi connectivity index (χ1) is 9.70. The maximum atomic E-state index is 11.2. The molecule has 1 unspecified atom stereocenters. The van der Waals surface area contributed by atoms with Gasteiger partial charge in [0.1, 0.15) is 17.6 Å². The molecule has 0 amide bonds. The number of hydrogen-bond acceptors (Lipinski definition) is 5. The maximum absolute atomic E-state index is 11.2. The number of benzene rings is 1. The van der Waals surface area contributed by atoms with Gasteiger partial charge in [-0.3, -0.25) is 0 Å². The number of methoxy groups -OCH3 is 1. The molecule has 0 radical (unpaired) electrons. The first kappa shape index (κ1) is 14.1. The number of aliphatic hydroxyl groups is 1. The lowest BCUT2D eigenvalue weighted by Gasteiger charge is -2.09. The zero-order valence-electron chi connectivity index (χ0n) is 11.1. The van der Waals surface area contributed by atoms with Gasteiger partial charge in [-0.25, -0.2) is 4.79 Å². The average Bonchev–Trinajstić information content (AvgIpc) is 2.97. The predicted octanol–water partition coefficient (Wildman–Crippen LogP) is 2.57. The van der Waals surface area contributed by atoms with Gasteiger partial charge in [0.05, 0.1) is 13.7 Å². The largest absolute Gasteiger partial charge is 0.493 e. The molecule has 5 heteroatoms. The first-order valence-electron chi connectivity index (χ1n) is 6.24. The molecule has 0 bridgehead atoms. The smallest absolute Gasteiger partial charge is 0.373 e. The van der Waals surface area contributed by atoms with E-state index < -0.39 is 12.1 Å². The summed E-state index contributed by atoms with van der Waals surface area (Å²) in [6.45, 7) is 0.347. The van der Waals surface area contributed by atoms with Crippen molar-refractivity contribution in [2.24, 2.45) is 0 Å². The Morgan fingerprint density at radius 1 is 1.25 bits per heavy atom. The lowest BCUT2D eigenvalue weighted by molar-refractivity contribution is 0.0551. The number of carbonyl (C=O) groups is 1. The van der Waals surface area contributed by atoms with Crippen LogP contribution in [0.25, 0.3) is 0 Å². The van der Waals surface area contributed by atoms with Crippen molar-refractivity contribution in [2.75, 3.05) is 13.7 Å². The number of para-hydroxylation sites is 1. The van der Waals surface area contributed by atoms with Crippen molar-refractivity contribution < 1.29 is 23.8 Å². The molecule has 0 saturated heterocycles. The van der Waals surface area contributed by atoms with Crippen LogP contribution in [0.5, 0.6) is 5.75 Å². The Kier molecular flexibility index (Phi) is 4.79. The Bertz CT molecular complexity index is 546. The van der Waals surface area contributed by atoms with E-state index in [9.17, 15) is 9.90 Å². The molecule has 0 aliphatic carbocycles. The Morgan fingerprint density at radius 3 is 2.70 bits per heavy atom. The molecule has 106 valence electrons. The van der Waals surface area contributed by atoms with Crippen molar-refractivity contribution in [2.45, 2.75) is 12.5 Å². The zero-order valence-corrected chi connectivity index (χ0v) is 11.1. The van der Waals surface area contributed by atoms with E-state index in [4.69, 9.17) is 9.15 Å². The van der Waals surface area contributed by atoms with Gasteiger partial charge in [0.2, 0.25) is 5.76 Å². The van der Waals surface area contributed by atoms with Crippen molar-refractivity contribution in [1.29, 1.82) is 0 Å². The molecule has 0 fully saturated rings. The van der Waals surface area contributed by atoms with Gasteiger partial charge in [0, 0.05) is 6.42 Å². The van der Waals surface area contributed by atoms with Gasteiger partial charge in [-0.05, 0) is 24.3 Å². The number of carbonyl (C=O) groups excluding carboxylic acids is 1. The fraction of sp³-hybridized carbons (Fsp3) is 0.267. The molecule has 0 aliphatic heterocycles. The highest BCUT2D eigenvalue weighted by molar-refractivity contribution is 5.86. The van der Waals surface area contributed by atoms with Crippen LogP contribution in [0, 0.1) is 0 Å². The predicted molar refractivity (Wildman–Crippen MR) is 71.6 cm³/mol. The molecule has 0 spiro atoms. The molecule has 2 rings (SSSR count). The van der Waals surface area contributed by atoms with Gasteiger partial charge in [-0.15, -0.1) is 0 Å². The minimum absolute atomic E-state index is 0.0746. The van der Waals surface area contributed by atoms with E-state index in [0.717, 1.165) is 5.75 Å². The van der Waals surface area contributed by atoms with E-state index in [1.807, 2.05) is 30.3 Å². The van der Waals surface area contributed by atoms with Gasteiger partial charge in [0.15, 0.2) is 0 Å². The molecular weight excluding hydrogens is 260 g/mol. The minimum atomic E-state index is -0.822. The third-order valence-corrected chi connectivity index (χ3v) is 2.75. The second-order valence-corrected chi connectivity index (χ2v) is 4.16. The van der Waals surface area contributed by atoms with Crippen LogP contribution in [0.1, 0.15) is 28.8 Å². The second kappa shape index (κ2) is 6.77. The van der Waals surface area contributed by atoms with Crippen molar-refractivity contribution in [3.63, 3.8) is 0 Å². The number of aliphatic hydroxyl groups excluding tert-OH is 1. The SMILES string of the molecule is COC(=O)c1ccc(C(O)CCOc2ccccc2)o1. The summed E-state index contributed by atoms with van der Waals surface area (Å²) >= 11 is 0. The Hall–Kier alpha value is -2.27. The summed E-state index contributed by atoms with van der Waals surface area (Å²) in [7, 11) is 1.27. The van der Waals surface area contributed by atoms with Gasteiger partial charge < -0.3 is 19.0 Å². The van der Waals surface area contributed by atoms with Crippen LogP contribution in [0.15, 0.2) is 46.9 Å². The number of hydrogen-bond donors (Lipinski definition) is 1. The summed E-state index contributed by atoms with van der Waals surface area (Å²) < 4.78 is 15.2. The summed E-state index contributed by atoms with van der Waals surface area (Å²) in [5, 5.41) is 9.94. The number of rotatable bonds is 6. The van der Waals surface area contributed by atoms with E-state index in [2.05, 4.69) is 4.74 Å². The topological polar surface area (TPSA) is 68.9 Å². The molecule has 1 N–H and O–H groups in total. The number of ether oxygens (including phenoxy) is 2. The fourth-order valence-electron chi connectivity index (χ4n) is 1.69. The number of furan rings is 1. The van der Waals surface area contributed by atoms with Crippen LogP contribution in [0.4, 0.5) is 0 Å². The Balaban J connectivity index is 1.84. The van der Waals surface area contributed by atoms with Crippen LogP contribution >= 0.6 is 0 Å². The maximum Gasteiger partial charge on any atom is 0.373 e. The molecule has 20 heavy (non-hydrogen) atoms. The fourth-order valence-corrected chi connectivity index (χ4v) is 1.69. The monoisotopic (exact) mass is 276 g/mol. The van der Waals surface area contributed by atoms with Gasteiger partial charge in [-0.1, -0.05) is 18.2 Å². The molecular formula is C15H16O5. The standard InChI is InChI=1S/C15H16O5/c1-18-15(17)14-8-7-13(20-14)12(16)9-10-19-11-5-3-2-4-6-11/h2-8,12,16H,9-10H2,1H3. The summed E-state index contributed by atoms with van der Waals surface area (Å²) in [5.74, 6) is 0.575. The average molecular weight is 276 g/mol. The molecule has 2 aromatic rings. The van der Waals surface area contributed by atoms with E-state index in [-0.39, 0.29) is 5.76 Å². The second-order valence-electron chi connectivity index (χ2n) is 4.16. The third-order valence-electron chi connectivity index (χ3n) is 2.75. The lowest BCUT2D eigenvalue weighted by Crippen LogP contribution is -2.05. The number of esters is 1. The van der Waals surface area contributed by atoms with E-state index >= 15 is 0 Å². The van der Waals surface area contributed by atoms with Crippen molar-refractivity contribution in [3.8, 4) is 5.75 Å². The van der Waals surface area contributed by atoms with Gasteiger partial charge in [0.25, 0.3) is 0 Å². The van der Waals surface area contributed by atoms with Crippen LogP contribution in [0.3, 0.4) is 0 Å².